The van der Waals surface area contributed by atoms with Gasteiger partial charge in [0.2, 0.25) is 0 Å². The number of unbranched alkanes of at least 4 members (excludes halogenated alkanes) is 1. The molecule has 1 aromatic rings. The van der Waals surface area contributed by atoms with Gasteiger partial charge < -0.3 is 9.53 Å². The molecule has 22 heavy (non-hydrogen) atoms. The Balaban J connectivity index is 2.66. The minimum atomic E-state index is -0.743. The molecule has 0 radical (unpaired) electrons. The molecule has 0 spiro atoms. The number of aldehydes is 1. The Kier molecular flexibility index (Phi) is 8.60. The second-order valence-corrected chi connectivity index (χ2v) is 6.71. The second kappa shape index (κ2) is 10.2. The summed E-state index contributed by atoms with van der Waals surface area (Å²) in [5, 5.41) is 0. The Labute approximate surface area is 137 Å². The highest BCUT2D eigenvalue weighted by atomic mass is 32.2. The first kappa shape index (κ1) is 18.5. The Morgan fingerprint density at radius 1 is 1.27 bits per heavy atom. The number of carbonyl (C=O) groups excluding carboxylic acids is 2. The van der Waals surface area contributed by atoms with Gasteiger partial charge >= 0.3 is 5.97 Å². The van der Waals surface area contributed by atoms with E-state index in [1.807, 2.05) is 49.4 Å². The van der Waals surface area contributed by atoms with Crippen molar-refractivity contribution in [3.05, 3.63) is 48.0 Å². The summed E-state index contributed by atoms with van der Waals surface area (Å²) in [6.07, 6.45) is 7.18. The highest BCUT2D eigenvalue weighted by molar-refractivity contribution is 8.01. The molecular weight excluding hydrogens is 296 g/mol. The zero-order valence-electron chi connectivity index (χ0n) is 13.3. The van der Waals surface area contributed by atoms with E-state index in [0.717, 1.165) is 24.7 Å². The third kappa shape index (κ3) is 6.48. The Morgan fingerprint density at radius 3 is 2.64 bits per heavy atom. The van der Waals surface area contributed by atoms with Gasteiger partial charge in [-0.3, -0.25) is 4.79 Å². The lowest BCUT2D eigenvalue weighted by atomic mass is 10.1. The molecule has 0 aliphatic heterocycles. The molecule has 0 N–H and O–H groups in total. The van der Waals surface area contributed by atoms with E-state index in [0.29, 0.717) is 12.2 Å². The smallest absolute Gasteiger partial charge is 0.326 e. The number of benzene rings is 1. The van der Waals surface area contributed by atoms with Crippen LogP contribution in [0.5, 0.6) is 0 Å². The lowest BCUT2D eigenvalue weighted by Crippen LogP contribution is -2.32. The Bertz CT molecular complexity index is 484. The van der Waals surface area contributed by atoms with Crippen molar-refractivity contribution in [1.29, 1.82) is 0 Å². The van der Waals surface area contributed by atoms with E-state index in [1.54, 1.807) is 0 Å². The van der Waals surface area contributed by atoms with E-state index >= 15 is 0 Å². The fourth-order valence-electron chi connectivity index (χ4n) is 1.84. The molecular formula is C18H24O3S. The third-order valence-corrected chi connectivity index (χ3v) is 4.49. The standard InChI is InChI=1S/C18H24O3S/c1-3-4-8-12-18(2,22-14-9-13-19)17(20)21-15-16-10-6-5-7-11-16/h5-8,10-13H,3-4,9,14-15H2,1-2H3/b12-8+/t18-/m0/s1. The molecule has 0 amide bonds. The van der Waals surface area contributed by atoms with Crippen LogP contribution in [0.15, 0.2) is 42.5 Å². The molecule has 0 fully saturated rings. The van der Waals surface area contributed by atoms with Gasteiger partial charge in [0.25, 0.3) is 0 Å². The van der Waals surface area contributed by atoms with E-state index in [9.17, 15) is 9.59 Å². The van der Waals surface area contributed by atoms with E-state index < -0.39 is 4.75 Å². The van der Waals surface area contributed by atoms with Gasteiger partial charge in [0.1, 0.15) is 17.6 Å². The number of esters is 1. The minimum Gasteiger partial charge on any atom is -0.460 e. The van der Waals surface area contributed by atoms with Gasteiger partial charge in [-0.1, -0.05) is 55.8 Å². The monoisotopic (exact) mass is 320 g/mol. The lowest BCUT2D eigenvalue weighted by Gasteiger charge is -2.23. The van der Waals surface area contributed by atoms with Crippen molar-refractivity contribution < 1.29 is 14.3 Å². The van der Waals surface area contributed by atoms with Crippen molar-refractivity contribution in [2.24, 2.45) is 0 Å². The van der Waals surface area contributed by atoms with E-state index in [1.165, 1.54) is 11.8 Å². The maximum Gasteiger partial charge on any atom is 0.326 e. The van der Waals surface area contributed by atoms with Crippen molar-refractivity contribution >= 4 is 24.0 Å². The highest BCUT2D eigenvalue weighted by Gasteiger charge is 2.32. The van der Waals surface area contributed by atoms with Crippen LogP contribution in [0.1, 0.15) is 38.7 Å². The maximum atomic E-state index is 12.4. The van der Waals surface area contributed by atoms with Crippen molar-refractivity contribution in [2.75, 3.05) is 5.75 Å². The quantitative estimate of drug-likeness (QED) is 0.281. The van der Waals surface area contributed by atoms with Gasteiger partial charge in [0.05, 0.1) is 0 Å². The van der Waals surface area contributed by atoms with Crippen molar-refractivity contribution in [1.82, 2.24) is 0 Å². The predicted octanol–water partition coefficient (Wildman–Crippen LogP) is 4.17. The molecule has 0 aliphatic rings. The molecule has 0 heterocycles. The summed E-state index contributed by atoms with van der Waals surface area (Å²) in [5.74, 6) is 0.344. The second-order valence-electron chi connectivity index (χ2n) is 5.16. The van der Waals surface area contributed by atoms with E-state index in [-0.39, 0.29) is 12.6 Å². The summed E-state index contributed by atoms with van der Waals surface area (Å²) >= 11 is 1.45. The van der Waals surface area contributed by atoms with Gasteiger partial charge in [-0.2, -0.15) is 0 Å². The average molecular weight is 320 g/mol. The van der Waals surface area contributed by atoms with Crippen LogP contribution >= 0.6 is 11.8 Å². The van der Waals surface area contributed by atoms with Crippen LogP contribution in [0.25, 0.3) is 0 Å². The van der Waals surface area contributed by atoms with E-state index in [4.69, 9.17) is 4.74 Å². The van der Waals surface area contributed by atoms with Crippen molar-refractivity contribution in [2.45, 2.75) is 44.5 Å². The van der Waals surface area contributed by atoms with Gasteiger partial charge in [-0.15, -0.1) is 11.8 Å². The first-order valence-corrected chi connectivity index (χ1v) is 8.57. The predicted molar refractivity (Wildman–Crippen MR) is 91.8 cm³/mol. The topological polar surface area (TPSA) is 43.4 Å². The average Bonchev–Trinajstić information content (AvgIpc) is 2.54. The van der Waals surface area contributed by atoms with Crippen LogP contribution in [0.4, 0.5) is 0 Å². The Hall–Kier alpha value is -1.55. The largest absolute Gasteiger partial charge is 0.460 e. The summed E-state index contributed by atoms with van der Waals surface area (Å²) in [5.41, 5.74) is 0.966. The summed E-state index contributed by atoms with van der Waals surface area (Å²) in [6.45, 7) is 4.21. The van der Waals surface area contributed by atoms with Gasteiger partial charge in [0.15, 0.2) is 0 Å². The molecule has 1 rings (SSSR count). The van der Waals surface area contributed by atoms with Crippen LogP contribution in [-0.4, -0.2) is 22.8 Å². The number of hydrogen-bond acceptors (Lipinski definition) is 4. The fourth-order valence-corrected chi connectivity index (χ4v) is 2.84. The molecule has 1 atom stereocenters. The lowest BCUT2D eigenvalue weighted by molar-refractivity contribution is -0.146. The summed E-state index contributed by atoms with van der Waals surface area (Å²) in [6, 6.07) is 9.62. The van der Waals surface area contributed by atoms with Crippen LogP contribution in [0.3, 0.4) is 0 Å². The van der Waals surface area contributed by atoms with Crippen LogP contribution < -0.4 is 0 Å². The zero-order chi connectivity index (χ0) is 16.3. The summed E-state index contributed by atoms with van der Waals surface area (Å²) in [4.78, 5) is 22.9. The molecule has 0 saturated heterocycles. The first-order valence-electron chi connectivity index (χ1n) is 7.59. The molecule has 0 bridgehead atoms. The summed E-state index contributed by atoms with van der Waals surface area (Å²) in [7, 11) is 0. The fraction of sp³-hybridized carbons (Fsp3) is 0.444. The van der Waals surface area contributed by atoms with Gasteiger partial charge in [0, 0.05) is 12.2 Å². The normalized spacial score (nSPS) is 13.7. The zero-order valence-corrected chi connectivity index (χ0v) is 14.1. The molecule has 0 aliphatic carbocycles. The number of ether oxygens (including phenoxy) is 1. The molecule has 1 aromatic carbocycles. The minimum absolute atomic E-state index is 0.264. The maximum absolute atomic E-state index is 12.4. The number of carbonyl (C=O) groups is 2. The van der Waals surface area contributed by atoms with Crippen molar-refractivity contribution in [3.63, 3.8) is 0 Å². The molecule has 0 saturated carbocycles. The van der Waals surface area contributed by atoms with Crippen LogP contribution in [0, 0.1) is 0 Å². The van der Waals surface area contributed by atoms with E-state index in [2.05, 4.69) is 6.92 Å². The molecule has 120 valence electrons. The molecule has 0 unspecified atom stereocenters. The van der Waals surface area contributed by atoms with Crippen LogP contribution in [0.2, 0.25) is 0 Å². The van der Waals surface area contributed by atoms with Crippen LogP contribution in [-0.2, 0) is 20.9 Å². The van der Waals surface area contributed by atoms with Crippen molar-refractivity contribution in [3.8, 4) is 0 Å². The third-order valence-electron chi connectivity index (χ3n) is 3.15. The summed E-state index contributed by atoms with van der Waals surface area (Å²) < 4.78 is 4.71. The van der Waals surface area contributed by atoms with Gasteiger partial charge in [-0.25, -0.2) is 0 Å². The highest BCUT2D eigenvalue weighted by Crippen LogP contribution is 2.29. The number of rotatable bonds is 10. The molecule has 4 heteroatoms. The molecule has 3 nitrogen and oxygen atoms in total. The Morgan fingerprint density at radius 2 is 2.00 bits per heavy atom. The SMILES string of the molecule is CCC/C=C/[C@](C)(SCCC=O)C(=O)OCc1ccccc1. The molecule has 0 aromatic heterocycles. The van der Waals surface area contributed by atoms with Gasteiger partial charge in [-0.05, 0) is 18.9 Å². The first-order chi connectivity index (χ1) is 10.6. The number of thioether (sulfide) groups is 1. The number of hydrogen-bond donors (Lipinski definition) is 0. The number of allylic oxidation sites excluding steroid dienone is 1.